The van der Waals surface area contributed by atoms with Gasteiger partial charge >= 0.3 is 0 Å². The second-order valence-corrected chi connectivity index (χ2v) is 8.16. The van der Waals surface area contributed by atoms with Crippen LogP contribution in [0.1, 0.15) is 11.1 Å². The molecule has 1 atom stereocenters. The van der Waals surface area contributed by atoms with E-state index in [-0.39, 0.29) is 18.4 Å². The van der Waals surface area contributed by atoms with Gasteiger partial charge in [0, 0.05) is 47.7 Å². The van der Waals surface area contributed by atoms with Crippen molar-refractivity contribution >= 4 is 11.7 Å². The van der Waals surface area contributed by atoms with E-state index in [1.807, 2.05) is 6.07 Å². The number of nitrogens with two attached hydrogens (primary N) is 1. The van der Waals surface area contributed by atoms with E-state index in [0.29, 0.717) is 60.0 Å². The molecule has 9 heteroatoms. The molecule has 7 nitrogen and oxygen atoms in total. The number of aromatic nitrogens is 1. The Bertz CT molecular complexity index is 1290. The fourth-order valence-electron chi connectivity index (χ4n) is 4.67. The topological polar surface area (TPSA) is 82.2 Å². The van der Waals surface area contributed by atoms with E-state index in [4.69, 9.17) is 19.9 Å². The molecular weight excluding hydrogens is 430 g/mol. The average Bonchev–Trinajstić information content (AvgIpc) is 3.23. The summed E-state index contributed by atoms with van der Waals surface area (Å²) in [5.74, 6) is -0.588. The molecule has 1 spiro atoms. The number of amidine groups is 1. The minimum Gasteiger partial charge on any atom is -0.462 e. The number of nitrogens with zero attached hydrogens (tertiary/aromatic N) is 3. The van der Waals surface area contributed by atoms with Gasteiger partial charge in [-0.15, -0.1) is 0 Å². The van der Waals surface area contributed by atoms with Crippen LogP contribution in [0.3, 0.4) is 0 Å². The molecule has 168 valence electrons. The van der Waals surface area contributed by atoms with Crippen LogP contribution in [-0.4, -0.2) is 43.9 Å². The molecule has 2 aromatic carbocycles. The van der Waals surface area contributed by atoms with Crippen LogP contribution >= 0.6 is 0 Å². The summed E-state index contributed by atoms with van der Waals surface area (Å²) in [7, 11) is 0. The Kier molecular flexibility index (Phi) is 4.48. The number of halogens is 2. The van der Waals surface area contributed by atoms with Crippen molar-refractivity contribution in [3.8, 4) is 22.6 Å². The third-order valence-corrected chi connectivity index (χ3v) is 6.29. The van der Waals surface area contributed by atoms with Crippen molar-refractivity contribution in [3.05, 3.63) is 71.6 Å². The summed E-state index contributed by atoms with van der Waals surface area (Å²) in [6, 6.07) is 11.8. The number of fused-ring (bicyclic) bond motifs is 4. The van der Waals surface area contributed by atoms with Crippen molar-refractivity contribution < 1.29 is 23.0 Å². The molecule has 33 heavy (non-hydrogen) atoms. The van der Waals surface area contributed by atoms with Crippen LogP contribution in [0.2, 0.25) is 0 Å². The van der Waals surface area contributed by atoms with Gasteiger partial charge in [0.25, 0.3) is 6.02 Å². The van der Waals surface area contributed by atoms with Crippen molar-refractivity contribution in [2.75, 3.05) is 37.8 Å². The molecule has 1 fully saturated rings. The number of anilines is 1. The largest absolute Gasteiger partial charge is 0.462 e. The second-order valence-electron chi connectivity index (χ2n) is 8.16. The van der Waals surface area contributed by atoms with Crippen LogP contribution in [0.25, 0.3) is 11.1 Å². The highest BCUT2D eigenvalue weighted by Gasteiger charge is 2.48. The van der Waals surface area contributed by atoms with Crippen molar-refractivity contribution in [2.24, 2.45) is 10.7 Å². The summed E-state index contributed by atoms with van der Waals surface area (Å²) in [6.45, 7) is 2.51. The molecule has 6 rings (SSSR count). The molecule has 0 saturated carbocycles. The third-order valence-electron chi connectivity index (χ3n) is 6.29. The predicted octanol–water partition coefficient (Wildman–Crippen LogP) is 3.56. The molecule has 2 N–H and O–H groups in total. The fourth-order valence-corrected chi connectivity index (χ4v) is 4.67. The number of aliphatic imine (C=N–C) groups is 1. The monoisotopic (exact) mass is 450 g/mol. The summed E-state index contributed by atoms with van der Waals surface area (Å²) in [4.78, 5) is 10.4. The molecule has 0 radical (unpaired) electrons. The molecular formula is C24H20F2N4O3. The van der Waals surface area contributed by atoms with Crippen molar-refractivity contribution in [1.82, 2.24) is 4.98 Å². The zero-order valence-electron chi connectivity index (χ0n) is 17.6. The van der Waals surface area contributed by atoms with Gasteiger partial charge in [-0.05, 0) is 35.9 Å². The highest BCUT2D eigenvalue weighted by Crippen LogP contribution is 2.53. The Balaban J connectivity index is 1.54. The van der Waals surface area contributed by atoms with Gasteiger partial charge in [0.1, 0.15) is 12.4 Å². The molecule has 1 saturated heterocycles. The first-order valence-corrected chi connectivity index (χ1v) is 10.6. The predicted molar refractivity (Wildman–Crippen MR) is 117 cm³/mol. The SMILES string of the molecule is NC1=NC2(CO1)c1cc(-c3cccnc3F)ccc1Oc1c(F)cc(N3CCOCC3)cc12. The van der Waals surface area contributed by atoms with E-state index in [9.17, 15) is 4.39 Å². The highest BCUT2D eigenvalue weighted by atomic mass is 19.1. The van der Waals surface area contributed by atoms with Crippen molar-refractivity contribution in [2.45, 2.75) is 5.54 Å². The van der Waals surface area contributed by atoms with Crippen LogP contribution in [0, 0.1) is 11.8 Å². The lowest BCUT2D eigenvalue weighted by Gasteiger charge is -2.36. The van der Waals surface area contributed by atoms with Gasteiger partial charge in [-0.25, -0.2) is 14.4 Å². The summed E-state index contributed by atoms with van der Waals surface area (Å²) >= 11 is 0. The first-order valence-electron chi connectivity index (χ1n) is 10.6. The van der Waals surface area contributed by atoms with Crippen LogP contribution < -0.4 is 15.4 Å². The number of ether oxygens (including phenoxy) is 3. The first-order chi connectivity index (χ1) is 16.0. The Morgan fingerprint density at radius 2 is 1.88 bits per heavy atom. The minimum atomic E-state index is -1.12. The summed E-state index contributed by atoms with van der Waals surface area (Å²) in [6.07, 6.45) is 1.39. The third kappa shape index (κ3) is 3.11. The van der Waals surface area contributed by atoms with E-state index >= 15 is 4.39 Å². The van der Waals surface area contributed by atoms with E-state index in [2.05, 4.69) is 14.9 Å². The maximum Gasteiger partial charge on any atom is 0.283 e. The molecule has 3 aromatic rings. The maximum absolute atomic E-state index is 15.4. The normalized spacial score (nSPS) is 21.2. The second kappa shape index (κ2) is 7.41. The lowest BCUT2D eigenvalue weighted by atomic mass is 9.80. The molecule has 3 aliphatic heterocycles. The van der Waals surface area contributed by atoms with Gasteiger partial charge in [0.05, 0.1) is 13.2 Å². The molecule has 3 aliphatic rings. The summed E-state index contributed by atoms with van der Waals surface area (Å²) < 4.78 is 46.8. The van der Waals surface area contributed by atoms with Gasteiger partial charge in [-0.3, -0.25) is 0 Å². The zero-order valence-corrected chi connectivity index (χ0v) is 17.6. The van der Waals surface area contributed by atoms with E-state index in [1.165, 1.54) is 12.3 Å². The van der Waals surface area contributed by atoms with Crippen LogP contribution in [0.15, 0.2) is 53.7 Å². The van der Waals surface area contributed by atoms with E-state index < -0.39 is 17.3 Å². The number of hydrogen-bond donors (Lipinski definition) is 1. The van der Waals surface area contributed by atoms with Gasteiger partial charge in [-0.2, -0.15) is 4.39 Å². The summed E-state index contributed by atoms with van der Waals surface area (Å²) in [5.41, 5.74) is 7.59. The molecule has 0 aliphatic carbocycles. The molecule has 1 aromatic heterocycles. The minimum absolute atomic E-state index is 0.00365. The number of rotatable bonds is 2. The Labute approximate surface area is 188 Å². The van der Waals surface area contributed by atoms with Crippen molar-refractivity contribution in [1.29, 1.82) is 0 Å². The fraction of sp³-hybridized carbons (Fsp3) is 0.250. The Morgan fingerprint density at radius 3 is 2.64 bits per heavy atom. The lowest BCUT2D eigenvalue weighted by molar-refractivity contribution is 0.122. The number of morpholine rings is 1. The Hall–Kier alpha value is -3.72. The Morgan fingerprint density at radius 1 is 1.03 bits per heavy atom. The first kappa shape index (κ1) is 19.9. The average molecular weight is 450 g/mol. The smallest absolute Gasteiger partial charge is 0.283 e. The molecule has 0 bridgehead atoms. The molecule has 1 unspecified atom stereocenters. The van der Waals surface area contributed by atoms with Gasteiger partial charge in [0.15, 0.2) is 17.1 Å². The van der Waals surface area contributed by atoms with Gasteiger partial charge < -0.3 is 24.8 Å². The highest BCUT2D eigenvalue weighted by molar-refractivity contribution is 5.78. The zero-order chi connectivity index (χ0) is 22.6. The van der Waals surface area contributed by atoms with Crippen LogP contribution in [-0.2, 0) is 15.0 Å². The van der Waals surface area contributed by atoms with E-state index in [0.717, 1.165) is 0 Å². The lowest BCUT2D eigenvalue weighted by Crippen LogP contribution is -2.37. The van der Waals surface area contributed by atoms with Crippen molar-refractivity contribution in [3.63, 3.8) is 0 Å². The van der Waals surface area contributed by atoms with Gasteiger partial charge in [-0.1, -0.05) is 6.07 Å². The van der Waals surface area contributed by atoms with Gasteiger partial charge in [0.2, 0.25) is 5.95 Å². The molecule has 4 heterocycles. The maximum atomic E-state index is 15.4. The number of pyridine rings is 1. The number of benzene rings is 2. The summed E-state index contributed by atoms with van der Waals surface area (Å²) in [5, 5.41) is 0. The van der Waals surface area contributed by atoms with Crippen LogP contribution in [0.5, 0.6) is 11.5 Å². The number of hydrogen-bond acceptors (Lipinski definition) is 7. The quantitative estimate of drug-likeness (QED) is 0.602. The van der Waals surface area contributed by atoms with Crippen LogP contribution in [0.4, 0.5) is 14.5 Å². The van der Waals surface area contributed by atoms with E-state index in [1.54, 1.807) is 30.3 Å². The standard InChI is InChI=1S/C24H20F2N4O3/c25-19-12-15(30-6-8-31-9-7-30)11-18-21(19)33-20-4-3-14(16-2-1-5-28-22(16)26)10-17(20)24(18)13-32-23(27)29-24/h1-5,10-12H,6-9,13H2,(H2,27,29). The molecule has 0 amide bonds.